The van der Waals surface area contributed by atoms with Crippen LogP contribution in [0.1, 0.15) is 96.8 Å². The summed E-state index contributed by atoms with van der Waals surface area (Å²) in [5, 5.41) is 0. The second-order valence-electron chi connectivity index (χ2n) is 5.79. The number of hydrogen-bond donors (Lipinski definition) is 0. The van der Waals surface area contributed by atoms with E-state index in [0.717, 1.165) is 12.8 Å². The van der Waals surface area contributed by atoms with Crippen molar-refractivity contribution >= 4 is 0 Å². The van der Waals surface area contributed by atoms with Crippen LogP contribution in [0.5, 0.6) is 0 Å². The number of halogens is 1. The molecule has 0 fully saturated rings. The zero-order valence-electron chi connectivity index (χ0n) is 13.6. The lowest BCUT2D eigenvalue weighted by molar-refractivity contribution is -1.92. The minimum absolute atomic E-state index is 0.0193. The van der Waals surface area contributed by atoms with Gasteiger partial charge in [-0.15, -0.1) is 0 Å². The van der Waals surface area contributed by atoms with Crippen molar-refractivity contribution in [1.82, 2.24) is 0 Å². The molecule has 0 rings (SSSR count). The van der Waals surface area contributed by atoms with Gasteiger partial charge in [-0.1, -0.05) is 90.4 Å². The van der Waals surface area contributed by atoms with E-state index in [1.54, 1.807) is 0 Å². The Hall–Kier alpha value is 0.130. The molecule has 0 aromatic rings. The van der Waals surface area contributed by atoms with E-state index >= 15 is 0 Å². The Morgan fingerprint density at radius 2 is 0.905 bits per heavy atom. The summed E-state index contributed by atoms with van der Waals surface area (Å²) in [5.41, 5.74) is 0. The molecule has 0 N–H and O–H groups in total. The summed E-state index contributed by atoms with van der Waals surface area (Å²) in [7, 11) is -4.23. The van der Waals surface area contributed by atoms with Crippen LogP contribution in [0, 0.1) is 10.2 Å². The number of unbranched alkanes of at least 4 members (excludes halogenated alkanes) is 13. The van der Waals surface area contributed by atoms with Crippen molar-refractivity contribution in [2.75, 3.05) is 6.61 Å². The van der Waals surface area contributed by atoms with E-state index < -0.39 is 10.2 Å². The molecule has 5 heteroatoms. The first kappa shape index (κ1) is 21.1. The van der Waals surface area contributed by atoms with E-state index in [9.17, 15) is 14.0 Å². The van der Waals surface area contributed by atoms with Crippen molar-refractivity contribution < 1.29 is 28.5 Å². The Morgan fingerprint density at radius 3 is 1.24 bits per heavy atom. The Balaban J connectivity index is 3.00. The zero-order valence-corrected chi connectivity index (χ0v) is 14.4. The van der Waals surface area contributed by atoms with Crippen LogP contribution in [0.15, 0.2) is 0 Å². The highest BCUT2D eigenvalue weighted by Crippen LogP contribution is 2.13. The summed E-state index contributed by atoms with van der Waals surface area (Å²) in [4.78, 5) is 0. The molecule has 21 heavy (non-hydrogen) atoms. The van der Waals surface area contributed by atoms with Crippen LogP contribution in [0.25, 0.3) is 0 Å². The lowest BCUT2D eigenvalue weighted by Crippen LogP contribution is -2.61. The fourth-order valence-electron chi connectivity index (χ4n) is 2.45. The summed E-state index contributed by atoms with van der Waals surface area (Å²) >= 11 is 0. The molecular weight excluding hydrogens is 292 g/mol. The van der Waals surface area contributed by atoms with Gasteiger partial charge in [0.05, 0.1) is 14.5 Å². The molecule has 0 saturated carbocycles. The van der Waals surface area contributed by atoms with E-state index in [0.29, 0.717) is 6.42 Å². The molecule has 0 aromatic carbocycles. The van der Waals surface area contributed by atoms with Crippen LogP contribution in [0.2, 0.25) is 0 Å². The van der Waals surface area contributed by atoms with Gasteiger partial charge in [-0.05, 0) is 6.42 Å². The van der Waals surface area contributed by atoms with Crippen molar-refractivity contribution in [1.29, 1.82) is 0 Å². The van der Waals surface area contributed by atoms with Crippen LogP contribution >= 0.6 is 0 Å². The van der Waals surface area contributed by atoms with Gasteiger partial charge in [0.2, 0.25) is 6.61 Å². The van der Waals surface area contributed by atoms with Crippen molar-refractivity contribution in [3.05, 3.63) is 0 Å². The summed E-state index contributed by atoms with van der Waals surface area (Å²) < 4.78 is 34.6. The lowest BCUT2D eigenvalue weighted by Gasteiger charge is -2.12. The van der Waals surface area contributed by atoms with Crippen molar-refractivity contribution in [3.8, 4) is 0 Å². The Morgan fingerprint density at radius 1 is 0.571 bits per heavy atom. The van der Waals surface area contributed by atoms with Gasteiger partial charge in [-0.2, -0.15) is 14.0 Å². The second-order valence-corrected chi connectivity index (χ2v) is 6.76. The summed E-state index contributed by atoms with van der Waals surface area (Å²) in [6.45, 7) is 2.27. The maximum Gasteiger partial charge on any atom is 0.203 e. The first-order valence-corrected chi connectivity index (χ1v) is 9.85. The topological polar surface area (TPSA) is 78.4 Å². The van der Waals surface area contributed by atoms with E-state index in [1.165, 1.54) is 70.6 Å². The lowest BCUT2D eigenvalue weighted by atomic mass is 10.0. The van der Waals surface area contributed by atoms with Gasteiger partial charge in [-0.25, -0.2) is 0 Å². The maximum absolute atomic E-state index is 10.2. The van der Waals surface area contributed by atoms with Gasteiger partial charge in [0.1, 0.15) is 0 Å². The smallest absolute Gasteiger partial charge is 0.183 e. The van der Waals surface area contributed by atoms with Gasteiger partial charge >= 0.3 is 0 Å². The largest absolute Gasteiger partial charge is 0.203 e. The predicted octanol–water partition coefficient (Wildman–Crippen LogP) is 2.38. The molecule has 0 bridgehead atoms. The van der Waals surface area contributed by atoms with E-state index in [1.807, 2.05) is 0 Å². The van der Waals surface area contributed by atoms with Crippen molar-refractivity contribution in [2.45, 2.75) is 96.8 Å². The molecule has 0 aliphatic rings. The second kappa shape index (κ2) is 15.0. The third-order valence-electron chi connectivity index (χ3n) is 3.71. The third kappa shape index (κ3) is 20.1. The predicted molar refractivity (Wildman–Crippen MR) is 76.3 cm³/mol. The molecule has 0 aliphatic heterocycles. The first-order chi connectivity index (χ1) is 10.1. The number of hydrogen-bond acceptors (Lipinski definition) is 4. The van der Waals surface area contributed by atoms with Gasteiger partial charge in [0, 0.05) is 0 Å². The fraction of sp³-hybridized carbons (Fsp3) is 1.00. The molecule has 0 saturated heterocycles. The SMILES string of the molecule is CCCCCCCCCCCCCCCCO[Cl+3]([O-])([O-])[O-]. The van der Waals surface area contributed by atoms with E-state index in [-0.39, 0.29) is 6.61 Å². The van der Waals surface area contributed by atoms with Gasteiger partial charge in [0.25, 0.3) is 0 Å². The van der Waals surface area contributed by atoms with E-state index in [4.69, 9.17) is 0 Å². The molecule has 0 aliphatic carbocycles. The van der Waals surface area contributed by atoms with Crippen LogP contribution in [-0.4, -0.2) is 6.61 Å². The Kier molecular flexibility index (Phi) is 15.1. The van der Waals surface area contributed by atoms with Gasteiger partial charge in [0.15, 0.2) is 0 Å². The standard InChI is InChI=1S/C16H33ClO4/c1-2-3-4-5-6-7-8-9-10-11-12-13-14-15-16-21-17(18,19)20/h2-16H2,1H3. The van der Waals surface area contributed by atoms with Gasteiger partial charge < -0.3 is 0 Å². The maximum atomic E-state index is 10.2. The molecule has 0 radical (unpaired) electrons. The molecule has 4 nitrogen and oxygen atoms in total. The monoisotopic (exact) mass is 324 g/mol. The molecule has 0 aromatic heterocycles. The van der Waals surface area contributed by atoms with Crippen LogP contribution < -0.4 is 14.0 Å². The minimum Gasteiger partial charge on any atom is -0.183 e. The zero-order chi connectivity index (χ0) is 15.8. The highest BCUT2D eigenvalue weighted by molar-refractivity contribution is 4.49. The summed E-state index contributed by atoms with van der Waals surface area (Å²) in [6, 6.07) is 0. The molecule has 0 unspecified atom stereocenters. The first-order valence-electron chi connectivity index (χ1n) is 8.61. The highest BCUT2D eigenvalue weighted by atomic mass is 35.7. The molecule has 128 valence electrons. The van der Waals surface area contributed by atoms with Crippen LogP contribution in [-0.2, 0) is 4.29 Å². The summed E-state index contributed by atoms with van der Waals surface area (Å²) in [5.74, 6) is 0. The Labute approximate surface area is 132 Å². The van der Waals surface area contributed by atoms with Crippen LogP contribution in [0.3, 0.4) is 0 Å². The van der Waals surface area contributed by atoms with Crippen LogP contribution in [0.4, 0.5) is 0 Å². The van der Waals surface area contributed by atoms with Gasteiger partial charge in [-0.3, -0.25) is 0 Å². The van der Waals surface area contributed by atoms with E-state index in [2.05, 4.69) is 11.2 Å². The minimum atomic E-state index is -4.23. The molecule has 0 amide bonds. The molecule has 0 heterocycles. The quantitative estimate of drug-likeness (QED) is 0.408. The third-order valence-corrected chi connectivity index (χ3v) is 4.13. The normalized spacial score (nSPS) is 12.0. The average Bonchev–Trinajstić information content (AvgIpc) is 2.42. The molecule has 0 spiro atoms. The summed E-state index contributed by atoms with van der Waals surface area (Å²) in [6.07, 6.45) is 17.4. The molecular formula is C16H33ClO4. The van der Waals surface area contributed by atoms with Crippen molar-refractivity contribution in [2.24, 2.45) is 0 Å². The molecule has 0 atom stereocenters. The fourth-order valence-corrected chi connectivity index (χ4v) is 2.74. The average molecular weight is 325 g/mol. The Bertz CT molecular complexity index is 207. The van der Waals surface area contributed by atoms with Crippen molar-refractivity contribution in [3.63, 3.8) is 0 Å². The number of rotatable bonds is 16. The highest BCUT2D eigenvalue weighted by Gasteiger charge is 2.15.